The van der Waals surface area contributed by atoms with Gasteiger partial charge in [0, 0.05) is 5.92 Å². The molecule has 0 nitrogen and oxygen atoms in total. The second-order valence-electron chi connectivity index (χ2n) is 4.83. The summed E-state index contributed by atoms with van der Waals surface area (Å²) in [6.45, 7) is 13.2. The second kappa shape index (κ2) is 4.82. The van der Waals surface area contributed by atoms with Crippen LogP contribution in [0, 0.1) is 11.8 Å². The molecular weight excluding hydrogens is 168 g/mol. The van der Waals surface area contributed by atoms with E-state index in [2.05, 4.69) is 34.3 Å². The first kappa shape index (κ1) is 11.6. The van der Waals surface area contributed by atoms with Crippen molar-refractivity contribution in [1.29, 1.82) is 0 Å². The van der Waals surface area contributed by atoms with Gasteiger partial charge < -0.3 is 0 Å². The average molecular weight is 192 g/mol. The highest BCUT2D eigenvalue weighted by Crippen LogP contribution is 2.40. The molecule has 0 aromatic carbocycles. The Morgan fingerprint density at radius 3 is 2.21 bits per heavy atom. The summed E-state index contributed by atoms with van der Waals surface area (Å²) in [6, 6.07) is 0. The van der Waals surface area contributed by atoms with Crippen LogP contribution in [-0.4, -0.2) is 0 Å². The van der Waals surface area contributed by atoms with Gasteiger partial charge in [-0.15, -0.1) is 0 Å². The molecule has 0 aromatic heterocycles. The molecule has 0 aliphatic heterocycles. The van der Waals surface area contributed by atoms with E-state index >= 15 is 0 Å². The van der Waals surface area contributed by atoms with E-state index in [4.69, 9.17) is 0 Å². The van der Waals surface area contributed by atoms with Gasteiger partial charge in [-0.25, -0.2) is 0 Å². The molecule has 0 heteroatoms. The van der Waals surface area contributed by atoms with Gasteiger partial charge in [-0.3, -0.25) is 0 Å². The molecule has 0 amide bonds. The maximum Gasteiger partial charge on any atom is 0.000128 e. The van der Waals surface area contributed by atoms with Crippen LogP contribution in [0.1, 0.15) is 53.4 Å². The lowest BCUT2D eigenvalue weighted by molar-refractivity contribution is 0.617. The van der Waals surface area contributed by atoms with Crippen LogP contribution < -0.4 is 0 Å². The summed E-state index contributed by atoms with van der Waals surface area (Å²) < 4.78 is 0. The quantitative estimate of drug-likeness (QED) is 0.553. The molecule has 0 N–H and O–H groups in total. The minimum absolute atomic E-state index is 0.639. The van der Waals surface area contributed by atoms with Crippen molar-refractivity contribution in [2.24, 2.45) is 11.8 Å². The third-order valence-corrected chi connectivity index (χ3v) is 3.51. The Bertz CT molecular complexity index is 241. The molecule has 0 heterocycles. The van der Waals surface area contributed by atoms with Crippen molar-refractivity contribution in [3.63, 3.8) is 0 Å². The van der Waals surface area contributed by atoms with Gasteiger partial charge in [0.1, 0.15) is 0 Å². The predicted octanol–water partition coefficient (Wildman–Crippen LogP) is 4.73. The zero-order valence-electron chi connectivity index (χ0n) is 10.2. The molecular formula is C14H24. The van der Waals surface area contributed by atoms with Crippen molar-refractivity contribution in [1.82, 2.24) is 0 Å². The SMILES string of the molecule is C=C(C)C(CCC)/C(C)=C(\C)C1CC1. The van der Waals surface area contributed by atoms with Crippen LogP contribution in [0.5, 0.6) is 0 Å². The summed E-state index contributed by atoms with van der Waals surface area (Å²) in [5.74, 6) is 1.55. The Hall–Kier alpha value is -0.520. The normalized spacial score (nSPS) is 20.3. The lowest BCUT2D eigenvalue weighted by atomic mass is 9.86. The Labute approximate surface area is 89.1 Å². The number of hydrogen-bond donors (Lipinski definition) is 0. The largest absolute Gasteiger partial charge is 0.0995 e. The summed E-state index contributed by atoms with van der Waals surface area (Å²) in [6.07, 6.45) is 5.36. The predicted molar refractivity (Wildman–Crippen MR) is 64.3 cm³/mol. The molecule has 0 aromatic rings. The molecule has 1 aliphatic carbocycles. The summed E-state index contributed by atoms with van der Waals surface area (Å²) in [5, 5.41) is 0. The minimum Gasteiger partial charge on any atom is -0.0995 e. The van der Waals surface area contributed by atoms with Gasteiger partial charge in [-0.2, -0.15) is 0 Å². The van der Waals surface area contributed by atoms with Crippen LogP contribution in [0.3, 0.4) is 0 Å². The molecule has 14 heavy (non-hydrogen) atoms. The van der Waals surface area contributed by atoms with Gasteiger partial charge in [-0.05, 0) is 46.0 Å². The van der Waals surface area contributed by atoms with Crippen molar-refractivity contribution in [2.75, 3.05) is 0 Å². The third kappa shape index (κ3) is 2.73. The molecule has 1 unspecified atom stereocenters. The van der Waals surface area contributed by atoms with Gasteiger partial charge in [-0.1, -0.05) is 36.6 Å². The highest BCUT2D eigenvalue weighted by Gasteiger charge is 2.26. The van der Waals surface area contributed by atoms with Gasteiger partial charge in [0.2, 0.25) is 0 Å². The van der Waals surface area contributed by atoms with E-state index in [1.165, 1.54) is 31.3 Å². The summed E-state index contributed by atoms with van der Waals surface area (Å²) in [7, 11) is 0. The molecule has 0 bridgehead atoms. The fraction of sp³-hybridized carbons (Fsp3) is 0.714. The molecule has 1 atom stereocenters. The zero-order valence-corrected chi connectivity index (χ0v) is 10.2. The van der Waals surface area contributed by atoms with Crippen molar-refractivity contribution in [3.05, 3.63) is 23.3 Å². The van der Waals surface area contributed by atoms with Crippen LogP contribution >= 0.6 is 0 Å². The van der Waals surface area contributed by atoms with Gasteiger partial charge in [0.05, 0.1) is 0 Å². The van der Waals surface area contributed by atoms with Crippen molar-refractivity contribution in [2.45, 2.75) is 53.4 Å². The maximum atomic E-state index is 4.12. The van der Waals surface area contributed by atoms with Crippen molar-refractivity contribution >= 4 is 0 Å². The average Bonchev–Trinajstić information content (AvgIpc) is 2.94. The number of rotatable bonds is 5. The Morgan fingerprint density at radius 2 is 1.86 bits per heavy atom. The second-order valence-corrected chi connectivity index (χ2v) is 4.83. The molecule has 1 aliphatic rings. The highest BCUT2D eigenvalue weighted by atomic mass is 14.3. The van der Waals surface area contributed by atoms with Crippen LogP contribution in [0.2, 0.25) is 0 Å². The highest BCUT2D eigenvalue weighted by molar-refractivity contribution is 5.24. The Morgan fingerprint density at radius 1 is 1.29 bits per heavy atom. The molecule has 0 spiro atoms. The van der Waals surface area contributed by atoms with E-state index in [0.29, 0.717) is 5.92 Å². The number of hydrogen-bond acceptors (Lipinski definition) is 0. The third-order valence-electron chi connectivity index (χ3n) is 3.51. The van der Waals surface area contributed by atoms with Crippen LogP contribution in [0.4, 0.5) is 0 Å². The first-order chi connectivity index (χ1) is 6.57. The molecule has 1 rings (SSSR count). The maximum absolute atomic E-state index is 4.12. The fourth-order valence-electron chi connectivity index (χ4n) is 2.23. The molecule has 1 fully saturated rings. The molecule has 80 valence electrons. The van der Waals surface area contributed by atoms with Gasteiger partial charge in [0.15, 0.2) is 0 Å². The minimum atomic E-state index is 0.639. The smallest absolute Gasteiger partial charge is 0.000128 e. The van der Waals surface area contributed by atoms with Gasteiger partial charge >= 0.3 is 0 Å². The number of allylic oxidation sites excluding steroid dienone is 3. The fourth-order valence-corrected chi connectivity index (χ4v) is 2.23. The summed E-state index contributed by atoms with van der Waals surface area (Å²) in [4.78, 5) is 0. The first-order valence-electron chi connectivity index (χ1n) is 5.90. The van der Waals surface area contributed by atoms with Crippen LogP contribution in [0.15, 0.2) is 23.3 Å². The Balaban J connectivity index is 2.75. The van der Waals surface area contributed by atoms with Crippen molar-refractivity contribution in [3.8, 4) is 0 Å². The van der Waals surface area contributed by atoms with E-state index < -0.39 is 0 Å². The molecule has 0 saturated heterocycles. The van der Waals surface area contributed by atoms with E-state index in [1.54, 1.807) is 11.1 Å². The molecule has 0 radical (unpaired) electrons. The van der Waals surface area contributed by atoms with E-state index in [-0.39, 0.29) is 0 Å². The Kier molecular flexibility index (Phi) is 3.97. The summed E-state index contributed by atoms with van der Waals surface area (Å²) in [5.41, 5.74) is 4.58. The van der Waals surface area contributed by atoms with Gasteiger partial charge in [0.25, 0.3) is 0 Å². The van der Waals surface area contributed by atoms with E-state index in [1.807, 2.05) is 0 Å². The topological polar surface area (TPSA) is 0 Å². The van der Waals surface area contributed by atoms with E-state index in [0.717, 1.165) is 5.92 Å². The standard InChI is InChI=1S/C14H24/c1-6-7-14(10(2)3)12(5)11(4)13-8-9-13/h13-14H,2,6-9H2,1,3-5H3/b12-11+. The zero-order chi connectivity index (χ0) is 10.7. The first-order valence-corrected chi connectivity index (χ1v) is 5.90. The van der Waals surface area contributed by atoms with Crippen LogP contribution in [0.25, 0.3) is 0 Å². The van der Waals surface area contributed by atoms with Crippen molar-refractivity contribution < 1.29 is 0 Å². The van der Waals surface area contributed by atoms with E-state index in [9.17, 15) is 0 Å². The monoisotopic (exact) mass is 192 g/mol. The van der Waals surface area contributed by atoms with Crippen LogP contribution in [-0.2, 0) is 0 Å². The summed E-state index contributed by atoms with van der Waals surface area (Å²) >= 11 is 0. The lowest BCUT2D eigenvalue weighted by Crippen LogP contribution is -2.05. The lowest BCUT2D eigenvalue weighted by Gasteiger charge is -2.20. The molecule has 1 saturated carbocycles.